The molecule has 13 heavy (non-hydrogen) atoms. The van der Waals surface area contributed by atoms with E-state index in [0.717, 1.165) is 5.56 Å². The van der Waals surface area contributed by atoms with E-state index in [1.807, 2.05) is 18.2 Å². The number of aliphatic hydroxyl groups excluding tert-OH is 1. The van der Waals surface area contributed by atoms with Crippen molar-refractivity contribution in [1.29, 1.82) is 0 Å². The van der Waals surface area contributed by atoms with Gasteiger partial charge < -0.3 is 5.11 Å². The molecule has 0 aromatic heterocycles. The van der Waals surface area contributed by atoms with Crippen molar-refractivity contribution < 1.29 is 5.11 Å². The van der Waals surface area contributed by atoms with Crippen molar-refractivity contribution in [3.8, 4) is 12.3 Å². The van der Waals surface area contributed by atoms with Crippen LogP contribution in [0.4, 0.5) is 0 Å². The van der Waals surface area contributed by atoms with Crippen molar-refractivity contribution in [3.05, 3.63) is 35.4 Å². The van der Waals surface area contributed by atoms with E-state index >= 15 is 0 Å². The van der Waals surface area contributed by atoms with Crippen molar-refractivity contribution in [1.82, 2.24) is 0 Å². The molecular weight excluding hydrogens is 160 g/mol. The van der Waals surface area contributed by atoms with Crippen LogP contribution in [0.2, 0.25) is 0 Å². The maximum atomic E-state index is 9.42. The second kappa shape index (κ2) is 3.24. The molecule has 1 saturated carbocycles. The van der Waals surface area contributed by atoms with Crippen molar-refractivity contribution in [3.63, 3.8) is 0 Å². The van der Waals surface area contributed by atoms with Gasteiger partial charge in [0.05, 0.1) is 0 Å². The molecular formula is C12H12O. The smallest absolute Gasteiger partial charge is 0.139 e. The van der Waals surface area contributed by atoms with E-state index in [0.29, 0.717) is 5.92 Å². The molecule has 0 aliphatic heterocycles. The van der Waals surface area contributed by atoms with Crippen LogP contribution in [0.15, 0.2) is 24.3 Å². The summed E-state index contributed by atoms with van der Waals surface area (Å²) in [5.41, 5.74) is 2.15. The monoisotopic (exact) mass is 172 g/mol. The van der Waals surface area contributed by atoms with E-state index in [1.165, 1.54) is 18.4 Å². The van der Waals surface area contributed by atoms with Gasteiger partial charge in [0.25, 0.3) is 0 Å². The van der Waals surface area contributed by atoms with Crippen LogP contribution < -0.4 is 0 Å². The summed E-state index contributed by atoms with van der Waals surface area (Å²) in [5.74, 6) is 3.04. The summed E-state index contributed by atoms with van der Waals surface area (Å²) < 4.78 is 0. The third-order valence-corrected chi connectivity index (χ3v) is 2.43. The first-order valence-corrected chi connectivity index (χ1v) is 4.55. The van der Waals surface area contributed by atoms with E-state index in [4.69, 9.17) is 6.42 Å². The van der Waals surface area contributed by atoms with Crippen LogP contribution in [-0.4, -0.2) is 5.11 Å². The fourth-order valence-electron chi connectivity index (χ4n) is 1.50. The largest absolute Gasteiger partial charge is 0.376 e. The molecule has 1 aliphatic rings. The third-order valence-electron chi connectivity index (χ3n) is 2.43. The number of terminal acetylenes is 1. The summed E-state index contributed by atoms with van der Waals surface area (Å²) >= 11 is 0. The number of rotatable bonds is 2. The molecule has 0 spiro atoms. The lowest BCUT2D eigenvalue weighted by molar-refractivity contribution is 0.238. The molecule has 1 atom stereocenters. The van der Waals surface area contributed by atoms with Gasteiger partial charge in [0.1, 0.15) is 6.10 Å². The van der Waals surface area contributed by atoms with Gasteiger partial charge in [0, 0.05) is 0 Å². The second-order valence-electron chi connectivity index (χ2n) is 3.51. The first-order chi connectivity index (χ1) is 6.31. The van der Waals surface area contributed by atoms with Gasteiger partial charge in [0.2, 0.25) is 0 Å². The van der Waals surface area contributed by atoms with Gasteiger partial charge in [-0.2, -0.15) is 0 Å². The first-order valence-electron chi connectivity index (χ1n) is 4.55. The Hall–Kier alpha value is -1.26. The molecule has 0 radical (unpaired) electrons. The molecule has 1 aliphatic carbocycles. The summed E-state index contributed by atoms with van der Waals surface area (Å²) in [7, 11) is 0. The average molecular weight is 172 g/mol. The molecule has 0 amide bonds. The summed E-state index contributed by atoms with van der Waals surface area (Å²) in [6.07, 6.45) is 6.94. The average Bonchev–Trinajstić information content (AvgIpc) is 3.00. The second-order valence-corrected chi connectivity index (χ2v) is 3.51. The van der Waals surface area contributed by atoms with E-state index in [1.54, 1.807) is 0 Å². The zero-order chi connectivity index (χ0) is 9.26. The zero-order valence-electron chi connectivity index (χ0n) is 7.40. The van der Waals surface area contributed by atoms with Gasteiger partial charge in [-0.1, -0.05) is 30.2 Å². The fraction of sp³-hybridized carbons (Fsp3) is 0.333. The van der Waals surface area contributed by atoms with Crippen molar-refractivity contribution >= 4 is 0 Å². The Morgan fingerprint density at radius 1 is 1.46 bits per heavy atom. The fourth-order valence-corrected chi connectivity index (χ4v) is 1.50. The molecule has 1 unspecified atom stereocenters. The van der Waals surface area contributed by atoms with Crippen LogP contribution in [0.3, 0.4) is 0 Å². The standard InChI is InChI=1S/C12H12O/c1-2-12(13)11-5-3-4-10(8-11)9-6-7-9/h1,3-5,8-9,12-13H,6-7H2. The predicted molar refractivity (Wildman–Crippen MR) is 52.2 cm³/mol. The van der Waals surface area contributed by atoms with E-state index in [2.05, 4.69) is 12.0 Å². The lowest BCUT2D eigenvalue weighted by Gasteiger charge is -2.05. The molecule has 1 aromatic rings. The van der Waals surface area contributed by atoms with Crippen LogP contribution >= 0.6 is 0 Å². The molecule has 0 saturated heterocycles. The zero-order valence-corrected chi connectivity index (χ0v) is 7.40. The lowest BCUT2D eigenvalue weighted by atomic mass is 10.0. The minimum Gasteiger partial charge on any atom is -0.376 e. The minimum atomic E-state index is -0.751. The maximum Gasteiger partial charge on any atom is 0.139 e. The van der Waals surface area contributed by atoms with Crippen LogP contribution in [0.25, 0.3) is 0 Å². The molecule has 0 bridgehead atoms. The highest BCUT2D eigenvalue weighted by molar-refractivity contribution is 5.32. The van der Waals surface area contributed by atoms with Gasteiger partial charge in [-0.25, -0.2) is 0 Å². The number of aliphatic hydroxyl groups is 1. The Morgan fingerprint density at radius 2 is 2.23 bits per heavy atom. The Labute approximate surface area is 78.4 Å². The van der Waals surface area contributed by atoms with Crippen LogP contribution in [0, 0.1) is 12.3 Å². The Bertz CT molecular complexity index is 344. The SMILES string of the molecule is C#CC(O)c1cccc(C2CC2)c1. The maximum absolute atomic E-state index is 9.42. The molecule has 0 heterocycles. The molecule has 1 aromatic carbocycles. The van der Waals surface area contributed by atoms with Crippen LogP contribution in [-0.2, 0) is 0 Å². The van der Waals surface area contributed by atoms with Crippen LogP contribution in [0.5, 0.6) is 0 Å². The highest BCUT2D eigenvalue weighted by Crippen LogP contribution is 2.40. The first kappa shape index (κ1) is 8.34. The van der Waals surface area contributed by atoms with E-state index in [-0.39, 0.29) is 0 Å². The van der Waals surface area contributed by atoms with Gasteiger partial charge in [-0.15, -0.1) is 6.42 Å². The Balaban J connectivity index is 2.27. The predicted octanol–water partition coefficient (Wildman–Crippen LogP) is 2.23. The molecule has 2 rings (SSSR count). The normalized spacial score (nSPS) is 17.8. The van der Waals surface area contributed by atoms with Crippen molar-refractivity contribution in [2.45, 2.75) is 24.9 Å². The van der Waals surface area contributed by atoms with Gasteiger partial charge in [-0.05, 0) is 29.9 Å². The molecule has 1 fully saturated rings. The van der Waals surface area contributed by atoms with Crippen molar-refractivity contribution in [2.24, 2.45) is 0 Å². The van der Waals surface area contributed by atoms with Gasteiger partial charge >= 0.3 is 0 Å². The summed E-state index contributed by atoms with van der Waals surface area (Å²) in [4.78, 5) is 0. The number of hydrogen-bond acceptors (Lipinski definition) is 1. The highest BCUT2D eigenvalue weighted by Gasteiger charge is 2.23. The summed E-state index contributed by atoms with van der Waals surface area (Å²) in [5, 5.41) is 9.42. The highest BCUT2D eigenvalue weighted by atomic mass is 16.3. The van der Waals surface area contributed by atoms with Crippen LogP contribution in [0.1, 0.15) is 36.0 Å². The third kappa shape index (κ3) is 1.74. The Morgan fingerprint density at radius 3 is 2.85 bits per heavy atom. The lowest BCUT2D eigenvalue weighted by Crippen LogP contribution is -1.93. The molecule has 1 nitrogen and oxygen atoms in total. The number of benzene rings is 1. The van der Waals surface area contributed by atoms with E-state index < -0.39 is 6.10 Å². The molecule has 1 N–H and O–H groups in total. The quantitative estimate of drug-likeness (QED) is 0.678. The number of hydrogen-bond donors (Lipinski definition) is 1. The minimum absolute atomic E-state index is 0.713. The Kier molecular flexibility index (Phi) is 2.08. The summed E-state index contributed by atoms with van der Waals surface area (Å²) in [6.45, 7) is 0. The van der Waals surface area contributed by atoms with E-state index in [9.17, 15) is 5.11 Å². The molecule has 66 valence electrons. The van der Waals surface area contributed by atoms with Gasteiger partial charge in [0.15, 0.2) is 0 Å². The summed E-state index contributed by atoms with van der Waals surface area (Å²) in [6, 6.07) is 7.95. The van der Waals surface area contributed by atoms with Crippen molar-refractivity contribution in [2.75, 3.05) is 0 Å². The topological polar surface area (TPSA) is 20.2 Å². The van der Waals surface area contributed by atoms with Gasteiger partial charge in [-0.3, -0.25) is 0 Å². The molecule has 1 heteroatoms.